The van der Waals surface area contributed by atoms with E-state index in [-0.39, 0.29) is 11.5 Å². The number of amides is 1. The molecule has 1 amide bonds. The van der Waals surface area contributed by atoms with Gasteiger partial charge in [-0.05, 0) is 19.9 Å². The van der Waals surface area contributed by atoms with E-state index >= 15 is 0 Å². The molecule has 16 heavy (non-hydrogen) atoms. The average molecular weight is 228 g/mol. The summed E-state index contributed by atoms with van der Waals surface area (Å²) in [6.07, 6.45) is 0. The lowest BCUT2D eigenvalue weighted by Crippen LogP contribution is -2.39. The second-order valence-electron chi connectivity index (χ2n) is 3.68. The van der Waals surface area contributed by atoms with Crippen molar-refractivity contribution in [1.82, 2.24) is 5.32 Å². The molecule has 0 bridgehead atoms. The Morgan fingerprint density at radius 1 is 1.38 bits per heavy atom. The summed E-state index contributed by atoms with van der Waals surface area (Å²) in [7, 11) is 0. The lowest BCUT2D eigenvalue weighted by atomic mass is 10.1. The monoisotopic (exact) mass is 228 g/mol. The minimum Gasteiger partial charge on any atom is -0.348 e. The molecule has 0 aromatic heterocycles. The van der Waals surface area contributed by atoms with E-state index in [1.807, 2.05) is 0 Å². The van der Waals surface area contributed by atoms with Crippen LogP contribution < -0.4 is 11.1 Å². The molecule has 5 heteroatoms. The fourth-order valence-corrected chi connectivity index (χ4v) is 1.28. The van der Waals surface area contributed by atoms with E-state index in [0.717, 1.165) is 12.1 Å². The molecule has 3 N–H and O–H groups in total. The molecule has 1 rings (SSSR count). The van der Waals surface area contributed by atoms with Crippen LogP contribution in [0.4, 0.5) is 8.78 Å². The molecule has 0 aliphatic heterocycles. The maximum Gasteiger partial charge on any atom is 0.237 e. The normalized spacial score (nSPS) is 14.3. The van der Waals surface area contributed by atoms with Crippen molar-refractivity contribution >= 4 is 5.91 Å². The zero-order valence-corrected chi connectivity index (χ0v) is 9.13. The van der Waals surface area contributed by atoms with Gasteiger partial charge in [0.1, 0.15) is 11.6 Å². The fraction of sp³-hybridized carbons (Fsp3) is 0.364. The Kier molecular flexibility index (Phi) is 3.95. The number of hydrogen-bond acceptors (Lipinski definition) is 2. The van der Waals surface area contributed by atoms with Crippen molar-refractivity contribution in [3.8, 4) is 0 Å². The third-order valence-electron chi connectivity index (χ3n) is 2.20. The zero-order valence-electron chi connectivity index (χ0n) is 9.13. The van der Waals surface area contributed by atoms with E-state index in [9.17, 15) is 13.6 Å². The van der Waals surface area contributed by atoms with Crippen LogP contribution in [0.5, 0.6) is 0 Å². The lowest BCUT2D eigenvalue weighted by molar-refractivity contribution is -0.122. The van der Waals surface area contributed by atoms with Gasteiger partial charge in [0.05, 0.1) is 12.1 Å². The maximum atomic E-state index is 13.3. The SMILES string of the molecule is CC(N)C(=O)NC(C)c1ccc(F)cc1F. The van der Waals surface area contributed by atoms with E-state index in [1.165, 1.54) is 13.0 Å². The third kappa shape index (κ3) is 3.00. The molecule has 0 radical (unpaired) electrons. The Hall–Kier alpha value is -1.49. The number of rotatable bonds is 3. The average Bonchev–Trinajstić information content (AvgIpc) is 2.16. The molecule has 0 saturated heterocycles. The first-order valence-electron chi connectivity index (χ1n) is 4.92. The fourth-order valence-electron chi connectivity index (χ4n) is 1.28. The van der Waals surface area contributed by atoms with Crippen LogP contribution in [0.15, 0.2) is 18.2 Å². The minimum absolute atomic E-state index is 0.232. The van der Waals surface area contributed by atoms with Crippen molar-refractivity contribution in [2.24, 2.45) is 5.73 Å². The van der Waals surface area contributed by atoms with Gasteiger partial charge < -0.3 is 11.1 Å². The number of hydrogen-bond donors (Lipinski definition) is 2. The van der Waals surface area contributed by atoms with Crippen molar-refractivity contribution < 1.29 is 13.6 Å². The van der Waals surface area contributed by atoms with E-state index < -0.39 is 23.7 Å². The minimum atomic E-state index is -0.683. The van der Waals surface area contributed by atoms with Crippen molar-refractivity contribution in [3.05, 3.63) is 35.4 Å². The molecule has 2 unspecified atom stereocenters. The molecule has 3 nitrogen and oxygen atoms in total. The number of carbonyl (C=O) groups excluding carboxylic acids is 1. The number of benzene rings is 1. The highest BCUT2D eigenvalue weighted by atomic mass is 19.1. The van der Waals surface area contributed by atoms with Gasteiger partial charge in [-0.1, -0.05) is 6.07 Å². The molecule has 2 atom stereocenters. The summed E-state index contributed by atoms with van der Waals surface area (Å²) in [5.41, 5.74) is 5.59. The number of nitrogens with one attached hydrogen (secondary N) is 1. The van der Waals surface area contributed by atoms with Crippen molar-refractivity contribution in [2.45, 2.75) is 25.9 Å². The summed E-state index contributed by atoms with van der Waals surface area (Å²) in [6.45, 7) is 3.14. The Bertz CT molecular complexity index is 394. The molecule has 0 fully saturated rings. The number of carbonyl (C=O) groups is 1. The van der Waals surface area contributed by atoms with Gasteiger partial charge >= 0.3 is 0 Å². The number of halogens is 2. The quantitative estimate of drug-likeness (QED) is 0.823. The standard InChI is InChI=1S/C11H14F2N2O/c1-6(14)11(16)15-7(2)9-4-3-8(12)5-10(9)13/h3-7H,14H2,1-2H3,(H,15,16). The summed E-state index contributed by atoms with van der Waals surface area (Å²) < 4.78 is 26.0. The first-order valence-corrected chi connectivity index (χ1v) is 4.92. The predicted octanol–water partition coefficient (Wildman–Crippen LogP) is 1.49. The zero-order chi connectivity index (χ0) is 12.3. The van der Waals surface area contributed by atoms with Crippen LogP contribution in [0.3, 0.4) is 0 Å². The highest BCUT2D eigenvalue weighted by Gasteiger charge is 2.15. The van der Waals surface area contributed by atoms with Crippen LogP contribution >= 0.6 is 0 Å². The summed E-state index contributed by atoms with van der Waals surface area (Å²) in [5, 5.41) is 2.53. The first kappa shape index (κ1) is 12.6. The van der Waals surface area contributed by atoms with Crippen LogP contribution in [0.1, 0.15) is 25.5 Å². The largest absolute Gasteiger partial charge is 0.348 e. The molecular formula is C11H14F2N2O. The second kappa shape index (κ2) is 5.03. The van der Waals surface area contributed by atoms with Crippen LogP contribution in [0.2, 0.25) is 0 Å². The van der Waals surface area contributed by atoms with Crippen molar-refractivity contribution in [1.29, 1.82) is 0 Å². The van der Waals surface area contributed by atoms with Crippen LogP contribution in [-0.2, 0) is 4.79 Å². The van der Waals surface area contributed by atoms with Gasteiger partial charge in [-0.15, -0.1) is 0 Å². The van der Waals surface area contributed by atoms with E-state index in [2.05, 4.69) is 5.32 Å². The van der Waals surface area contributed by atoms with Gasteiger partial charge in [-0.25, -0.2) is 8.78 Å². The second-order valence-corrected chi connectivity index (χ2v) is 3.68. The van der Waals surface area contributed by atoms with Gasteiger partial charge in [0.15, 0.2) is 0 Å². The summed E-state index contributed by atoms with van der Waals surface area (Å²) in [5.74, 6) is -1.71. The molecule has 88 valence electrons. The van der Waals surface area contributed by atoms with Crippen molar-refractivity contribution in [2.75, 3.05) is 0 Å². The highest BCUT2D eigenvalue weighted by molar-refractivity contribution is 5.81. The Morgan fingerprint density at radius 2 is 2.00 bits per heavy atom. The molecular weight excluding hydrogens is 214 g/mol. The number of nitrogens with two attached hydrogens (primary N) is 1. The molecule has 1 aromatic carbocycles. The summed E-state index contributed by atoms with van der Waals surface area (Å²) in [6, 6.07) is 2.03. The van der Waals surface area contributed by atoms with E-state index in [4.69, 9.17) is 5.73 Å². The molecule has 0 spiro atoms. The maximum absolute atomic E-state index is 13.3. The summed E-state index contributed by atoms with van der Waals surface area (Å²) >= 11 is 0. The van der Waals surface area contributed by atoms with Gasteiger partial charge in [0.25, 0.3) is 0 Å². The molecule has 0 aliphatic carbocycles. The molecule has 0 heterocycles. The topological polar surface area (TPSA) is 55.1 Å². The molecule has 1 aromatic rings. The van der Waals surface area contributed by atoms with Gasteiger partial charge in [-0.3, -0.25) is 4.79 Å². The third-order valence-corrected chi connectivity index (χ3v) is 2.20. The Morgan fingerprint density at radius 3 is 2.50 bits per heavy atom. The Balaban J connectivity index is 2.80. The predicted molar refractivity (Wildman–Crippen MR) is 56.6 cm³/mol. The van der Waals surface area contributed by atoms with Crippen LogP contribution in [0.25, 0.3) is 0 Å². The van der Waals surface area contributed by atoms with Crippen LogP contribution in [-0.4, -0.2) is 11.9 Å². The van der Waals surface area contributed by atoms with E-state index in [1.54, 1.807) is 6.92 Å². The van der Waals surface area contributed by atoms with E-state index in [0.29, 0.717) is 0 Å². The lowest BCUT2D eigenvalue weighted by Gasteiger charge is -2.16. The Labute approximate surface area is 92.6 Å². The van der Waals surface area contributed by atoms with Crippen LogP contribution in [0, 0.1) is 11.6 Å². The highest BCUT2D eigenvalue weighted by Crippen LogP contribution is 2.17. The van der Waals surface area contributed by atoms with Gasteiger partial charge in [0.2, 0.25) is 5.91 Å². The molecule has 0 aliphatic rings. The molecule has 0 saturated carbocycles. The van der Waals surface area contributed by atoms with Gasteiger partial charge in [-0.2, -0.15) is 0 Å². The summed E-state index contributed by atoms with van der Waals surface area (Å²) in [4.78, 5) is 11.3. The first-order chi connectivity index (χ1) is 7.41. The smallest absolute Gasteiger partial charge is 0.237 e. The van der Waals surface area contributed by atoms with Gasteiger partial charge in [0, 0.05) is 11.6 Å². The van der Waals surface area contributed by atoms with Crippen molar-refractivity contribution in [3.63, 3.8) is 0 Å².